The van der Waals surface area contributed by atoms with Gasteiger partial charge in [-0.3, -0.25) is 14.6 Å². The topological polar surface area (TPSA) is 94.6 Å². The zero-order valence-corrected chi connectivity index (χ0v) is 20.3. The Morgan fingerprint density at radius 3 is 2.29 bits per heavy atom. The number of amides is 2. The lowest BCUT2D eigenvalue weighted by Gasteiger charge is -2.13. The third-order valence-electron chi connectivity index (χ3n) is 4.48. The third kappa shape index (κ3) is 8.52. The summed E-state index contributed by atoms with van der Waals surface area (Å²) in [6.45, 7) is 3.11. The summed E-state index contributed by atoms with van der Waals surface area (Å²) in [7, 11) is 3.27. The summed E-state index contributed by atoms with van der Waals surface area (Å²) >= 11 is 0. The highest BCUT2D eigenvalue weighted by atomic mass is 127. The van der Waals surface area contributed by atoms with Crippen LogP contribution < -0.4 is 21.3 Å². The summed E-state index contributed by atoms with van der Waals surface area (Å²) in [4.78, 5) is 27.9. The van der Waals surface area contributed by atoms with E-state index in [0.717, 1.165) is 12.0 Å². The molecule has 0 heterocycles. The zero-order valence-electron chi connectivity index (χ0n) is 17.9. The Hall–Kier alpha value is -2.69. The van der Waals surface area contributed by atoms with Gasteiger partial charge in [0.1, 0.15) is 5.82 Å². The van der Waals surface area contributed by atoms with E-state index in [1.54, 1.807) is 39.2 Å². The van der Waals surface area contributed by atoms with Crippen LogP contribution in [0.4, 0.5) is 4.39 Å². The van der Waals surface area contributed by atoms with Gasteiger partial charge in [-0.05, 0) is 48.7 Å². The molecule has 2 rings (SSSR count). The van der Waals surface area contributed by atoms with Gasteiger partial charge in [0.15, 0.2) is 5.96 Å². The average molecular weight is 541 g/mol. The van der Waals surface area contributed by atoms with Gasteiger partial charge in [0.2, 0.25) is 0 Å². The summed E-state index contributed by atoms with van der Waals surface area (Å²) < 4.78 is 13.6. The van der Waals surface area contributed by atoms with Gasteiger partial charge in [-0.15, -0.1) is 24.0 Å². The standard InChI is InChI=1S/C22H28FN5O2.HI/c1-15-7-8-18(14-19(15)23)21(30)26-11-12-28-22(25-3)27-10-9-16-5-4-6-17(13-16)20(29)24-2;/h4-8,13-14H,9-12H2,1-3H3,(H,24,29)(H,26,30)(H2,25,27,28);1H. The van der Waals surface area contributed by atoms with Gasteiger partial charge in [-0.25, -0.2) is 4.39 Å². The number of halogens is 2. The van der Waals surface area contributed by atoms with E-state index in [9.17, 15) is 14.0 Å². The molecule has 9 heteroatoms. The number of nitrogens with zero attached hydrogens (tertiary/aromatic N) is 1. The lowest BCUT2D eigenvalue weighted by Crippen LogP contribution is -2.42. The summed E-state index contributed by atoms with van der Waals surface area (Å²) in [5.74, 6) is -0.230. The molecule has 0 aliphatic heterocycles. The first kappa shape index (κ1) is 26.3. The molecule has 0 aliphatic carbocycles. The number of guanidine groups is 1. The molecule has 0 saturated carbocycles. The number of hydrogen-bond donors (Lipinski definition) is 4. The first-order chi connectivity index (χ1) is 14.4. The molecule has 168 valence electrons. The largest absolute Gasteiger partial charge is 0.356 e. The van der Waals surface area contributed by atoms with Crippen molar-refractivity contribution in [1.82, 2.24) is 21.3 Å². The highest BCUT2D eigenvalue weighted by Gasteiger charge is 2.08. The minimum atomic E-state index is -0.397. The quantitative estimate of drug-likeness (QED) is 0.179. The van der Waals surface area contributed by atoms with Crippen molar-refractivity contribution in [3.8, 4) is 0 Å². The second-order valence-corrected chi connectivity index (χ2v) is 6.68. The molecule has 0 aliphatic rings. The Morgan fingerprint density at radius 2 is 1.61 bits per heavy atom. The molecule has 0 saturated heterocycles. The van der Waals surface area contributed by atoms with Gasteiger partial charge in [0.25, 0.3) is 11.8 Å². The van der Waals surface area contributed by atoms with E-state index in [4.69, 9.17) is 0 Å². The van der Waals surface area contributed by atoms with Gasteiger partial charge in [-0.2, -0.15) is 0 Å². The van der Waals surface area contributed by atoms with Crippen LogP contribution in [0.3, 0.4) is 0 Å². The van der Waals surface area contributed by atoms with E-state index >= 15 is 0 Å². The third-order valence-corrected chi connectivity index (χ3v) is 4.48. The fourth-order valence-electron chi connectivity index (χ4n) is 2.75. The minimum Gasteiger partial charge on any atom is -0.356 e. The Labute approximate surface area is 199 Å². The maximum atomic E-state index is 13.6. The Balaban J connectivity index is 0.00000480. The molecule has 0 fully saturated rings. The van der Waals surface area contributed by atoms with Crippen molar-refractivity contribution in [2.24, 2.45) is 4.99 Å². The SMILES string of the molecule is CN=C(NCCNC(=O)c1ccc(C)c(F)c1)NCCc1cccc(C(=O)NC)c1.I. The monoisotopic (exact) mass is 541 g/mol. The van der Waals surface area contributed by atoms with Crippen molar-refractivity contribution >= 4 is 41.8 Å². The van der Waals surface area contributed by atoms with Crippen molar-refractivity contribution in [2.75, 3.05) is 33.7 Å². The lowest BCUT2D eigenvalue weighted by molar-refractivity contribution is 0.0949. The van der Waals surface area contributed by atoms with E-state index < -0.39 is 5.82 Å². The molecule has 0 atom stereocenters. The number of rotatable bonds is 8. The van der Waals surface area contributed by atoms with Gasteiger partial charge in [0, 0.05) is 44.9 Å². The molecule has 0 spiro atoms. The van der Waals surface area contributed by atoms with Crippen LogP contribution in [-0.4, -0.2) is 51.5 Å². The molecule has 7 nitrogen and oxygen atoms in total. The molecular weight excluding hydrogens is 512 g/mol. The molecule has 0 radical (unpaired) electrons. The van der Waals surface area contributed by atoms with E-state index in [1.165, 1.54) is 6.07 Å². The number of carbonyl (C=O) groups excluding carboxylic acids is 2. The smallest absolute Gasteiger partial charge is 0.251 e. The number of aliphatic imine (C=N–C) groups is 1. The second-order valence-electron chi connectivity index (χ2n) is 6.68. The fourth-order valence-corrected chi connectivity index (χ4v) is 2.75. The molecule has 0 aromatic heterocycles. The van der Waals surface area contributed by atoms with Crippen LogP contribution in [0.25, 0.3) is 0 Å². The Kier molecular flexibility index (Phi) is 11.5. The number of aryl methyl sites for hydroxylation is 1. The molecular formula is C22H29FIN5O2. The van der Waals surface area contributed by atoms with Crippen LogP contribution in [0.1, 0.15) is 31.8 Å². The molecule has 2 aromatic carbocycles. The first-order valence-corrected chi connectivity index (χ1v) is 9.74. The predicted molar refractivity (Wildman–Crippen MR) is 132 cm³/mol. The van der Waals surface area contributed by atoms with Crippen molar-refractivity contribution in [2.45, 2.75) is 13.3 Å². The summed E-state index contributed by atoms with van der Waals surface area (Å²) in [6.07, 6.45) is 0.723. The maximum Gasteiger partial charge on any atom is 0.251 e. The molecule has 4 N–H and O–H groups in total. The van der Waals surface area contributed by atoms with Gasteiger partial charge in [-0.1, -0.05) is 18.2 Å². The van der Waals surface area contributed by atoms with Crippen molar-refractivity contribution in [3.63, 3.8) is 0 Å². The highest BCUT2D eigenvalue weighted by Crippen LogP contribution is 2.09. The van der Waals surface area contributed by atoms with Gasteiger partial charge >= 0.3 is 0 Å². The van der Waals surface area contributed by atoms with E-state index in [1.807, 2.05) is 18.2 Å². The molecule has 2 amide bonds. The minimum absolute atomic E-state index is 0. The number of benzene rings is 2. The van der Waals surface area contributed by atoms with Crippen LogP contribution in [0.2, 0.25) is 0 Å². The van der Waals surface area contributed by atoms with Crippen LogP contribution in [0.5, 0.6) is 0 Å². The van der Waals surface area contributed by atoms with Crippen LogP contribution in [0, 0.1) is 12.7 Å². The summed E-state index contributed by atoms with van der Waals surface area (Å²) in [5.41, 5.74) is 2.46. The van der Waals surface area contributed by atoms with Gasteiger partial charge < -0.3 is 21.3 Å². The average Bonchev–Trinajstić information content (AvgIpc) is 2.76. The van der Waals surface area contributed by atoms with Crippen molar-refractivity contribution in [1.29, 1.82) is 0 Å². The lowest BCUT2D eigenvalue weighted by atomic mass is 10.1. The molecule has 31 heavy (non-hydrogen) atoms. The molecule has 0 unspecified atom stereocenters. The van der Waals surface area contributed by atoms with Crippen LogP contribution in [-0.2, 0) is 6.42 Å². The normalized spacial score (nSPS) is 10.6. The highest BCUT2D eigenvalue weighted by molar-refractivity contribution is 14.0. The van der Waals surface area contributed by atoms with E-state index in [0.29, 0.717) is 42.3 Å². The van der Waals surface area contributed by atoms with Crippen LogP contribution in [0.15, 0.2) is 47.5 Å². The Bertz CT molecular complexity index is 921. The summed E-state index contributed by atoms with van der Waals surface area (Å²) in [6, 6.07) is 11.9. The zero-order chi connectivity index (χ0) is 21.9. The van der Waals surface area contributed by atoms with E-state index in [-0.39, 0.29) is 35.8 Å². The summed E-state index contributed by atoms with van der Waals surface area (Å²) in [5, 5.41) is 11.7. The second kappa shape index (κ2) is 13.6. The van der Waals surface area contributed by atoms with Gasteiger partial charge in [0.05, 0.1) is 0 Å². The number of hydrogen-bond acceptors (Lipinski definition) is 3. The fraction of sp³-hybridized carbons (Fsp3) is 0.318. The molecule has 0 bridgehead atoms. The van der Waals surface area contributed by atoms with Crippen LogP contribution >= 0.6 is 24.0 Å². The maximum absolute atomic E-state index is 13.6. The van der Waals surface area contributed by atoms with Crippen molar-refractivity contribution in [3.05, 3.63) is 70.5 Å². The van der Waals surface area contributed by atoms with E-state index in [2.05, 4.69) is 26.3 Å². The molecule has 2 aromatic rings. The van der Waals surface area contributed by atoms with Crippen molar-refractivity contribution < 1.29 is 14.0 Å². The predicted octanol–water partition coefficient (Wildman–Crippen LogP) is 2.25. The number of carbonyl (C=O) groups is 2. The Morgan fingerprint density at radius 1 is 0.935 bits per heavy atom. The first-order valence-electron chi connectivity index (χ1n) is 9.74. The number of nitrogens with one attached hydrogen (secondary N) is 4.